The molecule has 0 aromatic carbocycles. The summed E-state index contributed by atoms with van der Waals surface area (Å²) in [7, 11) is 0. The van der Waals surface area contributed by atoms with E-state index in [0.29, 0.717) is 6.54 Å². The maximum Gasteiger partial charge on any atom is 0.246 e. The third-order valence-electron chi connectivity index (χ3n) is 2.14. The summed E-state index contributed by atoms with van der Waals surface area (Å²) >= 11 is 0. The molecule has 0 aromatic heterocycles. The van der Waals surface area contributed by atoms with Crippen molar-refractivity contribution >= 4 is 5.91 Å². The molecule has 0 unspecified atom stereocenters. The number of nitrogens with one attached hydrogen (secondary N) is 1. The summed E-state index contributed by atoms with van der Waals surface area (Å²) in [5.74, 6) is -0.0133. The van der Waals surface area contributed by atoms with Gasteiger partial charge in [0.2, 0.25) is 5.91 Å². The first-order valence-corrected chi connectivity index (χ1v) is 4.85. The van der Waals surface area contributed by atoms with Crippen LogP contribution in [0.2, 0.25) is 0 Å². The van der Waals surface area contributed by atoms with Crippen LogP contribution in [0.4, 0.5) is 0 Å². The van der Waals surface area contributed by atoms with E-state index in [1.165, 1.54) is 6.42 Å². The van der Waals surface area contributed by atoms with E-state index >= 15 is 0 Å². The number of aliphatic hydroxyl groups excluding tert-OH is 1. The lowest BCUT2D eigenvalue weighted by molar-refractivity contribution is -0.118. The Hall–Kier alpha value is -0.830. The van der Waals surface area contributed by atoms with Gasteiger partial charge >= 0.3 is 0 Å². The van der Waals surface area contributed by atoms with Gasteiger partial charge in [0.25, 0.3) is 0 Å². The quantitative estimate of drug-likeness (QED) is 0.685. The minimum atomic E-state index is -0.465. The Morgan fingerprint density at radius 1 is 1.69 bits per heavy atom. The fourth-order valence-corrected chi connectivity index (χ4v) is 1.40. The van der Waals surface area contributed by atoms with Crippen LogP contribution in [0.3, 0.4) is 0 Å². The van der Waals surface area contributed by atoms with Crippen molar-refractivity contribution in [3.8, 4) is 0 Å². The van der Waals surface area contributed by atoms with Gasteiger partial charge in [-0.15, -0.1) is 0 Å². The van der Waals surface area contributed by atoms with Crippen LogP contribution in [0, 0.1) is 0 Å². The smallest absolute Gasteiger partial charge is 0.246 e. The summed E-state index contributed by atoms with van der Waals surface area (Å²) in [6.07, 6.45) is 5.72. The number of rotatable bonds is 3. The van der Waals surface area contributed by atoms with E-state index in [-0.39, 0.29) is 5.91 Å². The van der Waals surface area contributed by atoms with Crippen molar-refractivity contribution in [1.29, 1.82) is 0 Å². The van der Waals surface area contributed by atoms with Gasteiger partial charge in [0.1, 0.15) is 0 Å². The monoisotopic (exact) mass is 183 g/mol. The molecule has 0 spiro atoms. The van der Waals surface area contributed by atoms with Crippen LogP contribution in [0.1, 0.15) is 32.6 Å². The summed E-state index contributed by atoms with van der Waals surface area (Å²) in [6.45, 7) is 2.01. The molecule has 0 fully saturated rings. The molecular formula is C10H17NO2. The maximum absolute atomic E-state index is 11.4. The highest BCUT2D eigenvalue weighted by molar-refractivity contribution is 5.93. The second-order valence-corrected chi connectivity index (χ2v) is 3.53. The predicted molar refractivity (Wildman–Crippen MR) is 51.2 cm³/mol. The molecule has 13 heavy (non-hydrogen) atoms. The third kappa shape index (κ3) is 3.59. The Bertz CT molecular complexity index is 209. The van der Waals surface area contributed by atoms with Crippen LogP contribution >= 0.6 is 0 Å². The summed E-state index contributed by atoms with van der Waals surface area (Å²) in [5, 5.41) is 11.7. The van der Waals surface area contributed by atoms with Gasteiger partial charge in [-0.3, -0.25) is 4.79 Å². The van der Waals surface area contributed by atoms with Crippen molar-refractivity contribution in [3.05, 3.63) is 11.6 Å². The lowest BCUT2D eigenvalue weighted by Gasteiger charge is -2.13. The van der Waals surface area contributed by atoms with Crippen LogP contribution in [-0.4, -0.2) is 23.7 Å². The van der Waals surface area contributed by atoms with Crippen LogP contribution in [-0.2, 0) is 4.79 Å². The highest BCUT2D eigenvalue weighted by Gasteiger charge is 2.11. The molecule has 1 aliphatic rings. The Kier molecular flexibility index (Phi) is 3.96. The summed E-state index contributed by atoms with van der Waals surface area (Å²) in [5.41, 5.74) is 0.881. The molecule has 0 heterocycles. The number of carbonyl (C=O) groups is 1. The van der Waals surface area contributed by atoms with Gasteiger partial charge in [-0.2, -0.15) is 0 Å². The van der Waals surface area contributed by atoms with E-state index in [9.17, 15) is 4.79 Å². The van der Waals surface area contributed by atoms with E-state index in [2.05, 4.69) is 5.32 Å². The van der Waals surface area contributed by atoms with Crippen molar-refractivity contribution in [3.63, 3.8) is 0 Å². The average molecular weight is 183 g/mol. The van der Waals surface area contributed by atoms with Crippen molar-refractivity contribution in [2.45, 2.75) is 38.7 Å². The summed E-state index contributed by atoms with van der Waals surface area (Å²) in [4.78, 5) is 11.4. The maximum atomic E-state index is 11.4. The average Bonchev–Trinajstić information content (AvgIpc) is 2.15. The molecule has 1 aliphatic carbocycles. The molecule has 0 radical (unpaired) electrons. The fourth-order valence-electron chi connectivity index (χ4n) is 1.40. The molecule has 3 heteroatoms. The molecule has 3 nitrogen and oxygen atoms in total. The number of allylic oxidation sites excluding steroid dienone is 1. The lowest BCUT2D eigenvalue weighted by atomic mass is 9.99. The second kappa shape index (κ2) is 5.02. The molecule has 0 aromatic rings. The third-order valence-corrected chi connectivity index (χ3v) is 2.14. The van der Waals surface area contributed by atoms with Crippen LogP contribution in [0.5, 0.6) is 0 Å². The van der Waals surface area contributed by atoms with E-state index in [4.69, 9.17) is 5.11 Å². The highest BCUT2D eigenvalue weighted by atomic mass is 16.3. The number of carbonyl (C=O) groups excluding carboxylic acids is 1. The minimum Gasteiger partial charge on any atom is -0.392 e. The van der Waals surface area contributed by atoms with E-state index < -0.39 is 6.10 Å². The first-order valence-electron chi connectivity index (χ1n) is 4.85. The second-order valence-electron chi connectivity index (χ2n) is 3.53. The fraction of sp³-hybridized carbons (Fsp3) is 0.700. The molecule has 0 aliphatic heterocycles. The zero-order chi connectivity index (χ0) is 9.68. The molecular weight excluding hydrogens is 166 g/mol. The van der Waals surface area contributed by atoms with Crippen molar-refractivity contribution in [2.24, 2.45) is 0 Å². The van der Waals surface area contributed by atoms with E-state index in [1.807, 2.05) is 6.08 Å². The Morgan fingerprint density at radius 2 is 2.46 bits per heavy atom. The Balaban J connectivity index is 2.34. The molecule has 0 bridgehead atoms. The standard InChI is InChI=1S/C10H17NO2/c1-8(12)7-11-10(13)9-5-3-2-4-6-9/h5,8,12H,2-4,6-7H2,1H3,(H,11,13)/t8-/m1/s1. The predicted octanol–water partition coefficient (Wildman–Crippen LogP) is 0.984. The van der Waals surface area contributed by atoms with Crippen LogP contribution < -0.4 is 5.32 Å². The van der Waals surface area contributed by atoms with Gasteiger partial charge in [-0.1, -0.05) is 6.08 Å². The topological polar surface area (TPSA) is 49.3 Å². The van der Waals surface area contributed by atoms with Crippen molar-refractivity contribution < 1.29 is 9.90 Å². The molecule has 74 valence electrons. The van der Waals surface area contributed by atoms with E-state index in [0.717, 1.165) is 24.8 Å². The summed E-state index contributed by atoms with van der Waals surface area (Å²) < 4.78 is 0. The zero-order valence-corrected chi connectivity index (χ0v) is 8.05. The van der Waals surface area contributed by atoms with Crippen molar-refractivity contribution in [1.82, 2.24) is 5.32 Å². The largest absolute Gasteiger partial charge is 0.392 e. The van der Waals surface area contributed by atoms with Crippen LogP contribution in [0.25, 0.3) is 0 Å². The van der Waals surface area contributed by atoms with Gasteiger partial charge in [-0.25, -0.2) is 0 Å². The minimum absolute atomic E-state index is 0.0133. The number of hydrogen-bond acceptors (Lipinski definition) is 2. The van der Waals surface area contributed by atoms with Gasteiger partial charge in [0.15, 0.2) is 0 Å². The SMILES string of the molecule is C[C@@H](O)CNC(=O)C1=CCCCC1. The number of aliphatic hydroxyl groups is 1. The van der Waals surface area contributed by atoms with Crippen LogP contribution in [0.15, 0.2) is 11.6 Å². The highest BCUT2D eigenvalue weighted by Crippen LogP contribution is 2.16. The molecule has 2 N–H and O–H groups in total. The first-order chi connectivity index (χ1) is 6.20. The molecule has 0 saturated carbocycles. The number of amides is 1. The molecule has 1 amide bonds. The van der Waals surface area contributed by atoms with E-state index in [1.54, 1.807) is 6.92 Å². The first kappa shape index (κ1) is 10.3. The van der Waals surface area contributed by atoms with Gasteiger partial charge in [0, 0.05) is 12.1 Å². The van der Waals surface area contributed by atoms with Gasteiger partial charge in [-0.05, 0) is 32.6 Å². The molecule has 0 saturated heterocycles. The Labute approximate surface area is 78.8 Å². The lowest BCUT2D eigenvalue weighted by Crippen LogP contribution is -2.31. The normalized spacial score (nSPS) is 19.1. The van der Waals surface area contributed by atoms with Gasteiger partial charge < -0.3 is 10.4 Å². The molecule has 1 atom stereocenters. The zero-order valence-electron chi connectivity index (χ0n) is 8.05. The van der Waals surface area contributed by atoms with Crippen molar-refractivity contribution in [2.75, 3.05) is 6.54 Å². The number of hydrogen-bond donors (Lipinski definition) is 2. The molecule has 1 rings (SSSR count). The summed E-state index contributed by atoms with van der Waals surface area (Å²) in [6, 6.07) is 0. The Morgan fingerprint density at radius 3 is 3.00 bits per heavy atom. The van der Waals surface area contributed by atoms with Gasteiger partial charge in [0.05, 0.1) is 6.10 Å².